The SMILES string of the molecule is CCCOCCn1c(=O)c(NCCN[C@@H](CC)CO)nc2cnc(-c3ccc(OC)nc3)cc21. The molecular formula is C24H34N6O4. The van der Waals surface area contributed by atoms with E-state index in [0.717, 1.165) is 18.4 Å². The molecule has 10 nitrogen and oxygen atoms in total. The van der Waals surface area contributed by atoms with E-state index < -0.39 is 0 Å². The van der Waals surface area contributed by atoms with Crippen LogP contribution in [0.3, 0.4) is 0 Å². The Morgan fingerprint density at radius 3 is 2.68 bits per heavy atom. The van der Waals surface area contributed by atoms with Gasteiger partial charge in [-0.1, -0.05) is 13.8 Å². The number of fused-ring (bicyclic) bond motifs is 1. The summed E-state index contributed by atoms with van der Waals surface area (Å²) in [7, 11) is 1.57. The molecule has 34 heavy (non-hydrogen) atoms. The minimum atomic E-state index is -0.216. The highest BCUT2D eigenvalue weighted by Crippen LogP contribution is 2.22. The monoisotopic (exact) mass is 470 g/mol. The molecule has 3 N–H and O–H groups in total. The van der Waals surface area contributed by atoms with E-state index in [1.54, 1.807) is 30.1 Å². The summed E-state index contributed by atoms with van der Waals surface area (Å²) in [4.78, 5) is 26.6. The van der Waals surface area contributed by atoms with Crippen LogP contribution in [0.15, 0.2) is 35.4 Å². The first-order chi connectivity index (χ1) is 16.6. The average Bonchev–Trinajstić information content (AvgIpc) is 2.88. The summed E-state index contributed by atoms with van der Waals surface area (Å²) in [5, 5.41) is 15.7. The van der Waals surface area contributed by atoms with Crippen molar-refractivity contribution >= 4 is 16.9 Å². The third-order valence-electron chi connectivity index (χ3n) is 5.45. The number of anilines is 1. The van der Waals surface area contributed by atoms with E-state index in [1.165, 1.54) is 0 Å². The summed E-state index contributed by atoms with van der Waals surface area (Å²) in [6.07, 6.45) is 5.09. The van der Waals surface area contributed by atoms with Crippen LogP contribution in [0.2, 0.25) is 0 Å². The van der Waals surface area contributed by atoms with Gasteiger partial charge in [0.25, 0.3) is 5.56 Å². The van der Waals surface area contributed by atoms with Crippen LogP contribution in [-0.4, -0.2) is 70.7 Å². The summed E-state index contributed by atoms with van der Waals surface area (Å²) in [6.45, 7) is 6.69. The highest BCUT2D eigenvalue weighted by Gasteiger charge is 2.13. The smallest absolute Gasteiger partial charge is 0.293 e. The lowest BCUT2D eigenvalue weighted by atomic mass is 10.2. The van der Waals surface area contributed by atoms with Gasteiger partial charge in [-0.25, -0.2) is 9.97 Å². The fraction of sp³-hybridized carbons (Fsp3) is 0.500. The van der Waals surface area contributed by atoms with Crippen LogP contribution in [-0.2, 0) is 11.3 Å². The molecule has 0 bridgehead atoms. The molecule has 0 aromatic carbocycles. The second-order valence-corrected chi connectivity index (χ2v) is 7.85. The molecule has 3 aromatic rings. The zero-order valence-electron chi connectivity index (χ0n) is 20.1. The van der Waals surface area contributed by atoms with E-state index in [9.17, 15) is 9.90 Å². The summed E-state index contributed by atoms with van der Waals surface area (Å²) in [5.74, 6) is 0.785. The fourth-order valence-electron chi connectivity index (χ4n) is 3.49. The van der Waals surface area contributed by atoms with Crippen LogP contribution in [0.25, 0.3) is 22.3 Å². The average molecular weight is 471 g/mol. The van der Waals surface area contributed by atoms with Gasteiger partial charge in [0.1, 0.15) is 5.52 Å². The molecule has 0 unspecified atom stereocenters. The fourth-order valence-corrected chi connectivity index (χ4v) is 3.49. The molecule has 0 radical (unpaired) electrons. The van der Waals surface area contributed by atoms with Gasteiger partial charge < -0.3 is 29.8 Å². The molecule has 10 heteroatoms. The van der Waals surface area contributed by atoms with Gasteiger partial charge in [-0.3, -0.25) is 9.78 Å². The highest BCUT2D eigenvalue weighted by atomic mass is 16.5. The van der Waals surface area contributed by atoms with Gasteiger partial charge in [0.05, 0.1) is 37.7 Å². The normalized spacial score (nSPS) is 12.1. The van der Waals surface area contributed by atoms with Gasteiger partial charge in [0.2, 0.25) is 5.88 Å². The quantitative estimate of drug-likeness (QED) is 0.304. The van der Waals surface area contributed by atoms with Crippen LogP contribution in [0.1, 0.15) is 26.7 Å². The first-order valence-electron chi connectivity index (χ1n) is 11.7. The van der Waals surface area contributed by atoms with E-state index in [4.69, 9.17) is 9.47 Å². The predicted molar refractivity (Wildman–Crippen MR) is 132 cm³/mol. The van der Waals surface area contributed by atoms with Crippen LogP contribution < -0.4 is 20.9 Å². The van der Waals surface area contributed by atoms with Crippen molar-refractivity contribution in [1.82, 2.24) is 24.8 Å². The number of methoxy groups -OCH3 is 1. The Balaban J connectivity index is 1.89. The maximum Gasteiger partial charge on any atom is 0.293 e. The van der Waals surface area contributed by atoms with Crippen LogP contribution in [0.4, 0.5) is 5.82 Å². The molecule has 0 amide bonds. The first-order valence-corrected chi connectivity index (χ1v) is 11.7. The van der Waals surface area contributed by atoms with Crippen molar-refractivity contribution in [2.75, 3.05) is 45.3 Å². The third-order valence-corrected chi connectivity index (χ3v) is 5.45. The Morgan fingerprint density at radius 2 is 2.00 bits per heavy atom. The molecule has 184 valence electrons. The molecule has 3 heterocycles. The summed E-state index contributed by atoms with van der Waals surface area (Å²) >= 11 is 0. The molecule has 0 spiro atoms. The number of aromatic nitrogens is 4. The van der Waals surface area contributed by atoms with Gasteiger partial charge in [0.15, 0.2) is 5.82 Å². The second kappa shape index (κ2) is 13.0. The van der Waals surface area contributed by atoms with Crippen molar-refractivity contribution in [2.45, 2.75) is 39.3 Å². The number of nitrogens with zero attached hydrogens (tertiary/aromatic N) is 4. The Kier molecular flexibility index (Phi) is 9.75. The number of aliphatic hydroxyl groups is 1. The molecule has 0 aliphatic heterocycles. The lowest BCUT2D eigenvalue weighted by Crippen LogP contribution is -2.36. The second-order valence-electron chi connectivity index (χ2n) is 7.85. The molecule has 0 saturated carbocycles. The maximum absolute atomic E-state index is 13.3. The van der Waals surface area contributed by atoms with Gasteiger partial charge >= 0.3 is 0 Å². The third kappa shape index (κ3) is 6.49. The summed E-state index contributed by atoms with van der Waals surface area (Å²) < 4.78 is 12.5. The Morgan fingerprint density at radius 1 is 1.15 bits per heavy atom. The van der Waals surface area contributed by atoms with Crippen molar-refractivity contribution in [3.63, 3.8) is 0 Å². The Labute approximate surface area is 199 Å². The maximum atomic E-state index is 13.3. The highest BCUT2D eigenvalue weighted by molar-refractivity contribution is 5.80. The van der Waals surface area contributed by atoms with Crippen molar-refractivity contribution in [3.05, 3.63) is 40.9 Å². The molecule has 0 fully saturated rings. The lowest BCUT2D eigenvalue weighted by molar-refractivity contribution is 0.127. The van der Waals surface area contributed by atoms with Gasteiger partial charge in [-0.2, -0.15) is 0 Å². The Hall–Kier alpha value is -3.08. The molecular weight excluding hydrogens is 436 g/mol. The van der Waals surface area contributed by atoms with E-state index in [2.05, 4.69) is 25.6 Å². The number of nitrogens with one attached hydrogen (secondary N) is 2. The number of rotatable bonds is 14. The van der Waals surface area contributed by atoms with Gasteiger partial charge in [-0.05, 0) is 25.0 Å². The minimum absolute atomic E-state index is 0.0359. The van der Waals surface area contributed by atoms with Gasteiger partial charge in [0, 0.05) is 50.1 Å². The van der Waals surface area contributed by atoms with Crippen molar-refractivity contribution in [3.8, 4) is 17.1 Å². The molecule has 0 aliphatic rings. The topological polar surface area (TPSA) is 123 Å². The summed E-state index contributed by atoms with van der Waals surface area (Å²) in [6, 6.07) is 5.53. The minimum Gasteiger partial charge on any atom is -0.481 e. The lowest BCUT2D eigenvalue weighted by Gasteiger charge is -2.16. The molecule has 1 atom stereocenters. The van der Waals surface area contributed by atoms with Crippen molar-refractivity contribution < 1.29 is 14.6 Å². The zero-order valence-corrected chi connectivity index (χ0v) is 20.1. The van der Waals surface area contributed by atoms with Crippen LogP contribution in [0, 0.1) is 0 Å². The number of aliphatic hydroxyl groups excluding tert-OH is 1. The number of hydrogen-bond acceptors (Lipinski definition) is 9. The largest absolute Gasteiger partial charge is 0.481 e. The van der Waals surface area contributed by atoms with E-state index in [1.807, 2.05) is 26.0 Å². The predicted octanol–water partition coefficient (Wildman–Crippen LogP) is 2.06. The Bertz CT molecular complexity index is 1100. The molecule has 3 aromatic heterocycles. The van der Waals surface area contributed by atoms with E-state index in [0.29, 0.717) is 55.5 Å². The van der Waals surface area contributed by atoms with Crippen molar-refractivity contribution in [1.29, 1.82) is 0 Å². The number of ether oxygens (including phenoxy) is 2. The molecule has 0 saturated heterocycles. The standard InChI is InChI=1S/C24H34N6O4/c1-4-11-34-12-10-30-21-13-19(17-6-7-22(33-3)28-14-17)27-15-20(21)29-23(24(30)32)26-9-8-25-18(5-2)16-31/h6-7,13-15,18,25,31H,4-5,8-12,16H2,1-3H3,(H,26,29)/t18-/m0/s1. The van der Waals surface area contributed by atoms with Crippen LogP contribution >= 0.6 is 0 Å². The molecule has 0 aliphatic carbocycles. The van der Waals surface area contributed by atoms with Gasteiger partial charge in [-0.15, -0.1) is 0 Å². The van der Waals surface area contributed by atoms with Crippen molar-refractivity contribution in [2.24, 2.45) is 0 Å². The van der Waals surface area contributed by atoms with Crippen LogP contribution in [0.5, 0.6) is 5.88 Å². The zero-order chi connectivity index (χ0) is 24.3. The number of pyridine rings is 2. The molecule has 3 rings (SSSR count). The first kappa shape index (κ1) is 25.5. The number of hydrogen-bond donors (Lipinski definition) is 3. The summed E-state index contributed by atoms with van der Waals surface area (Å²) in [5.41, 5.74) is 2.57. The van der Waals surface area contributed by atoms with E-state index in [-0.39, 0.29) is 24.0 Å². The van der Waals surface area contributed by atoms with E-state index >= 15 is 0 Å².